The summed E-state index contributed by atoms with van der Waals surface area (Å²) in [5.41, 5.74) is 0. The molecule has 2 aromatic rings. The SMILES string of the molecule is COC(=O)CSc1n[nH]c(C=Cc2cccs2)n1. The quantitative estimate of drug-likeness (QED) is 0.673. The van der Waals surface area contributed by atoms with Crippen molar-refractivity contribution >= 4 is 41.2 Å². The van der Waals surface area contributed by atoms with Crippen LogP contribution in [0.1, 0.15) is 10.7 Å². The highest BCUT2D eigenvalue weighted by molar-refractivity contribution is 7.99. The van der Waals surface area contributed by atoms with E-state index in [0.717, 1.165) is 4.88 Å². The number of rotatable bonds is 5. The van der Waals surface area contributed by atoms with E-state index in [4.69, 9.17) is 0 Å². The molecule has 0 spiro atoms. The minimum Gasteiger partial charge on any atom is -0.468 e. The number of ether oxygens (including phenoxy) is 1. The average molecular weight is 281 g/mol. The lowest BCUT2D eigenvalue weighted by molar-refractivity contribution is -0.137. The molecule has 2 heterocycles. The molecular weight excluding hydrogens is 270 g/mol. The fourth-order valence-corrected chi connectivity index (χ4v) is 2.38. The second kappa shape index (κ2) is 6.36. The highest BCUT2D eigenvalue weighted by Crippen LogP contribution is 2.15. The Balaban J connectivity index is 1.92. The third-order valence-electron chi connectivity index (χ3n) is 1.98. The number of hydrogen-bond donors (Lipinski definition) is 1. The second-order valence-corrected chi connectivity index (χ2v) is 5.14. The Kier molecular flexibility index (Phi) is 4.54. The van der Waals surface area contributed by atoms with Crippen molar-refractivity contribution in [1.82, 2.24) is 15.2 Å². The summed E-state index contributed by atoms with van der Waals surface area (Å²) in [5, 5.41) is 9.33. The normalized spacial score (nSPS) is 10.9. The van der Waals surface area contributed by atoms with Gasteiger partial charge in [-0.15, -0.1) is 16.4 Å². The topological polar surface area (TPSA) is 67.9 Å². The number of carbonyl (C=O) groups is 1. The summed E-state index contributed by atoms with van der Waals surface area (Å²) < 4.78 is 4.54. The van der Waals surface area contributed by atoms with Crippen molar-refractivity contribution in [1.29, 1.82) is 0 Å². The van der Waals surface area contributed by atoms with Gasteiger partial charge in [-0.05, 0) is 23.6 Å². The third-order valence-corrected chi connectivity index (χ3v) is 3.64. The summed E-state index contributed by atoms with van der Waals surface area (Å²) in [7, 11) is 1.36. The number of esters is 1. The van der Waals surface area contributed by atoms with Crippen LogP contribution in [0.3, 0.4) is 0 Å². The van der Waals surface area contributed by atoms with Crippen molar-refractivity contribution in [2.75, 3.05) is 12.9 Å². The molecule has 94 valence electrons. The number of aromatic amines is 1. The number of aromatic nitrogens is 3. The number of thiophene rings is 1. The van der Waals surface area contributed by atoms with Crippen molar-refractivity contribution in [2.45, 2.75) is 5.16 Å². The zero-order valence-corrected chi connectivity index (χ0v) is 11.3. The fourth-order valence-electron chi connectivity index (χ4n) is 1.13. The molecule has 0 saturated heterocycles. The van der Waals surface area contributed by atoms with E-state index in [-0.39, 0.29) is 11.7 Å². The van der Waals surface area contributed by atoms with Gasteiger partial charge in [-0.1, -0.05) is 17.8 Å². The molecule has 0 amide bonds. The molecule has 0 unspecified atom stereocenters. The lowest BCUT2D eigenvalue weighted by atomic mass is 10.4. The van der Waals surface area contributed by atoms with Gasteiger partial charge < -0.3 is 4.74 Å². The first-order chi connectivity index (χ1) is 8.78. The van der Waals surface area contributed by atoms with Gasteiger partial charge in [-0.25, -0.2) is 4.98 Å². The van der Waals surface area contributed by atoms with Crippen molar-refractivity contribution in [3.63, 3.8) is 0 Å². The van der Waals surface area contributed by atoms with Gasteiger partial charge in [0.05, 0.1) is 12.9 Å². The van der Waals surface area contributed by atoms with Gasteiger partial charge in [-0.3, -0.25) is 9.89 Å². The number of nitrogens with zero attached hydrogens (tertiary/aromatic N) is 2. The summed E-state index contributed by atoms with van der Waals surface area (Å²) in [4.78, 5) is 16.3. The van der Waals surface area contributed by atoms with Crippen LogP contribution in [0.15, 0.2) is 22.7 Å². The zero-order chi connectivity index (χ0) is 12.8. The van der Waals surface area contributed by atoms with Crippen LogP contribution in [-0.4, -0.2) is 34.0 Å². The van der Waals surface area contributed by atoms with Crippen molar-refractivity contribution < 1.29 is 9.53 Å². The Hall–Kier alpha value is -1.60. The van der Waals surface area contributed by atoms with Crippen molar-refractivity contribution in [3.8, 4) is 0 Å². The van der Waals surface area contributed by atoms with E-state index in [2.05, 4.69) is 19.9 Å². The van der Waals surface area contributed by atoms with Crippen LogP contribution < -0.4 is 0 Å². The molecule has 5 nitrogen and oxygen atoms in total. The van der Waals surface area contributed by atoms with Gasteiger partial charge in [-0.2, -0.15) is 0 Å². The van der Waals surface area contributed by atoms with E-state index in [1.165, 1.54) is 18.9 Å². The van der Waals surface area contributed by atoms with E-state index >= 15 is 0 Å². The number of thioether (sulfide) groups is 1. The van der Waals surface area contributed by atoms with E-state index in [1.807, 2.05) is 29.7 Å². The smallest absolute Gasteiger partial charge is 0.316 e. The molecular formula is C11H11N3O2S2. The molecule has 1 N–H and O–H groups in total. The molecule has 2 aromatic heterocycles. The zero-order valence-electron chi connectivity index (χ0n) is 9.62. The minimum atomic E-state index is -0.291. The van der Waals surface area contributed by atoms with Crippen LogP contribution in [0.2, 0.25) is 0 Å². The summed E-state index contributed by atoms with van der Waals surface area (Å²) in [6.45, 7) is 0. The van der Waals surface area contributed by atoms with Gasteiger partial charge in [0, 0.05) is 4.88 Å². The Morgan fingerprint density at radius 1 is 1.61 bits per heavy atom. The highest BCUT2D eigenvalue weighted by atomic mass is 32.2. The van der Waals surface area contributed by atoms with Gasteiger partial charge in [0.1, 0.15) is 5.82 Å². The number of hydrogen-bond acceptors (Lipinski definition) is 6. The van der Waals surface area contributed by atoms with Crippen LogP contribution >= 0.6 is 23.1 Å². The Morgan fingerprint density at radius 3 is 3.22 bits per heavy atom. The number of carbonyl (C=O) groups excluding carboxylic acids is 1. The Bertz CT molecular complexity index is 534. The summed E-state index contributed by atoms with van der Waals surface area (Å²) in [6.07, 6.45) is 3.81. The van der Waals surface area contributed by atoms with Crippen molar-refractivity contribution in [3.05, 3.63) is 28.2 Å². The molecule has 0 atom stereocenters. The standard InChI is InChI=1S/C11H11N3O2S2/c1-16-10(15)7-18-11-12-9(13-14-11)5-4-8-3-2-6-17-8/h2-6H,7H2,1H3,(H,12,13,14). The van der Waals surface area contributed by atoms with E-state index < -0.39 is 0 Å². The molecule has 2 rings (SSSR count). The van der Waals surface area contributed by atoms with Gasteiger partial charge in [0.25, 0.3) is 0 Å². The molecule has 0 saturated carbocycles. The molecule has 0 fully saturated rings. The highest BCUT2D eigenvalue weighted by Gasteiger charge is 2.06. The summed E-state index contributed by atoms with van der Waals surface area (Å²) in [5.74, 6) is 0.582. The predicted molar refractivity (Wildman–Crippen MR) is 72.4 cm³/mol. The number of nitrogens with one attached hydrogen (secondary N) is 1. The maximum atomic E-state index is 11.0. The third kappa shape index (κ3) is 3.71. The molecule has 7 heteroatoms. The molecule has 18 heavy (non-hydrogen) atoms. The maximum absolute atomic E-state index is 11.0. The van der Waals surface area contributed by atoms with Crippen molar-refractivity contribution in [2.24, 2.45) is 0 Å². The van der Waals surface area contributed by atoms with Crippen LogP contribution in [0, 0.1) is 0 Å². The summed E-state index contributed by atoms with van der Waals surface area (Å²) >= 11 is 2.89. The molecule has 0 aliphatic carbocycles. The maximum Gasteiger partial charge on any atom is 0.316 e. The largest absolute Gasteiger partial charge is 0.468 e. The number of methoxy groups -OCH3 is 1. The molecule has 0 aliphatic rings. The second-order valence-electron chi connectivity index (χ2n) is 3.22. The minimum absolute atomic E-state index is 0.211. The Labute approximate surface area is 112 Å². The molecule has 0 radical (unpaired) electrons. The first-order valence-electron chi connectivity index (χ1n) is 5.11. The Morgan fingerprint density at radius 2 is 2.50 bits per heavy atom. The first kappa shape index (κ1) is 12.8. The van der Waals surface area contributed by atoms with Crippen LogP contribution in [0.4, 0.5) is 0 Å². The van der Waals surface area contributed by atoms with Gasteiger partial charge >= 0.3 is 5.97 Å². The van der Waals surface area contributed by atoms with Gasteiger partial charge in [0.2, 0.25) is 5.16 Å². The van der Waals surface area contributed by atoms with E-state index in [1.54, 1.807) is 11.3 Å². The predicted octanol–water partition coefficient (Wildman–Crippen LogP) is 2.30. The van der Waals surface area contributed by atoms with Crippen LogP contribution in [0.5, 0.6) is 0 Å². The van der Waals surface area contributed by atoms with Crippen LogP contribution in [0.25, 0.3) is 12.2 Å². The van der Waals surface area contributed by atoms with Gasteiger partial charge in [0.15, 0.2) is 0 Å². The lowest BCUT2D eigenvalue weighted by Crippen LogP contribution is -2.03. The molecule has 0 bridgehead atoms. The molecule has 0 aliphatic heterocycles. The summed E-state index contributed by atoms with van der Waals surface area (Å²) in [6, 6.07) is 4.01. The monoisotopic (exact) mass is 281 g/mol. The van der Waals surface area contributed by atoms with E-state index in [9.17, 15) is 4.79 Å². The number of H-pyrrole nitrogens is 1. The average Bonchev–Trinajstić information content (AvgIpc) is 3.04. The lowest BCUT2D eigenvalue weighted by Gasteiger charge is -1.93. The van der Waals surface area contributed by atoms with Crippen LogP contribution in [-0.2, 0) is 9.53 Å². The van der Waals surface area contributed by atoms with E-state index in [0.29, 0.717) is 11.0 Å². The fraction of sp³-hybridized carbons (Fsp3) is 0.182. The molecule has 0 aromatic carbocycles. The first-order valence-corrected chi connectivity index (χ1v) is 6.98.